The molecule has 0 saturated heterocycles. The van der Waals surface area contributed by atoms with Crippen LogP contribution in [0.25, 0.3) is 22.2 Å². The maximum atomic E-state index is 12.2. The fourth-order valence-electron chi connectivity index (χ4n) is 3.02. The predicted octanol–water partition coefficient (Wildman–Crippen LogP) is 3.43. The third kappa shape index (κ3) is 3.23. The van der Waals surface area contributed by atoms with Crippen molar-refractivity contribution < 1.29 is 0 Å². The number of fused-ring (bicyclic) bond motifs is 1. The summed E-state index contributed by atoms with van der Waals surface area (Å²) in [6.07, 6.45) is 7.44. The number of H-pyrrole nitrogens is 1. The average molecular weight is 373 g/mol. The molecule has 27 heavy (non-hydrogen) atoms. The van der Waals surface area contributed by atoms with Crippen molar-refractivity contribution in [3.8, 4) is 17.3 Å². The molecular formula is C20H15N5OS. The lowest BCUT2D eigenvalue weighted by molar-refractivity contribution is 0.831. The third-order valence-corrected chi connectivity index (χ3v) is 4.91. The minimum Gasteiger partial charge on any atom is -0.343 e. The zero-order valence-corrected chi connectivity index (χ0v) is 15.3. The van der Waals surface area contributed by atoms with Crippen molar-refractivity contribution >= 4 is 22.7 Å². The van der Waals surface area contributed by atoms with Crippen LogP contribution in [0.2, 0.25) is 0 Å². The summed E-state index contributed by atoms with van der Waals surface area (Å²) < 4.78 is 2.12. The molecule has 6 nitrogen and oxygen atoms in total. The number of benzene rings is 1. The second kappa shape index (κ2) is 7.09. The molecule has 4 aromatic rings. The fraction of sp³-hybridized carbons (Fsp3) is 0.100. The molecule has 7 heteroatoms. The average Bonchev–Trinajstić information content (AvgIpc) is 3.10. The summed E-state index contributed by atoms with van der Waals surface area (Å²) in [6, 6.07) is 13.8. The zero-order valence-electron chi connectivity index (χ0n) is 14.5. The van der Waals surface area contributed by atoms with E-state index in [1.54, 1.807) is 6.20 Å². The quantitative estimate of drug-likeness (QED) is 0.437. The number of aromatic nitrogens is 4. The Hall–Kier alpha value is -3.37. The summed E-state index contributed by atoms with van der Waals surface area (Å²) in [5.41, 5.74) is 2.86. The predicted molar refractivity (Wildman–Crippen MR) is 106 cm³/mol. The summed E-state index contributed by atoms with van der Waals surface area (Å²) in [5.74, 6) is 0. The van der Waals surface area contributed by atoms with Gasteiger partial charge in [0.25, 0.3) is 5.56 Å². The highest BCUT2D eigenvalue weighted by Gasteiger charge is 2.14. The third-order valence-electron chi connectivity index (χ3n) is 4.33. The summed E-state index contributed by atoms with van der Waals surface area (Å²) in [7, 11) is 0. The maximum absolute atomic E-state index is 12.2. The summed E-state index contributed by atoms with van der Waals surface area (Å²) >= 11 is 1.33. The number of hydrogen-bond donors (Lipinski definition) is 1. The van der Waals surface area contributed by atoms with Gasteiger partial charge in [0.15, 0.2) is 5.16 Å². The van der Waals surface area contributed by atoms with E-state index in [1.807, 2.05) is 61.1 Å². The number of thioether (sulfide) groups is 1. The highest BCUT2D eigenvalue weighted by molar-refractivity contribution is 7.98. The van der Waals surface area contributed by atoms with Gasteiger partial charge in [-0.05, 0) is 35.4 Å². The van der Waals surface area contributed by atoms with Crippen molar-refractivity contribution in [2.24, 2.45) is 0 Å². The van der Waals surface area contributed by atoms with Crippen molar-refractivity contribution in [2.75, 3.05) is 6.26 Å². The van der Waals surface area contributed by atoms with Crippen LogP contribution in [-0.4, -0.2) is 25.8 Å². The van der Waals surface area contributed by atoms with Crippen molar-refractivity contribution in [2.45, 2.75) is 11.7 Å². The number of rotatable bonds is 4. The zero-order chi connectivity index (χ0) is 18.8. The maximum Gasteiger partial charge on any atom is 0.270 e. The molecule has 1 N–H and O–H groups in total. The molecule has 0 radical (unpaired) electrons. The van der Waals surface area contributed by atoms with Crippen LogP contribution < -0.4 is 5.56 Å². The van der Waals surface area contributed by atoms with Gasteiger partial charge in [-0.1, -0.05) is 30.0 Å². The SMILES string of the molecule is CSc1nc(-c2ccc3ccn(Cc4cccnc4)c3c2)c(C#N)c(=O)[nH]1. The van der Waals surface area contributed by atoms with Crippen LogP contribution in [0.4, 0.5) is 0 Å². The van der Waals surface area contributed by atoms with E-state index in [9.17, 15) is 10.1 Å². The molecule has 3 aromatic heterocycles. The fourth-order valence-corrected chi connectivity index (χ4v) is 3.40. The molecule has 0 fully saturated rings. The van der Waals surface area contributed by atoms with Crippen LogP contribution in [0.5, 0.6) is 0 Å². The van der Waals surface area contributed by atoms with Crippen LogP contribution in [0, 0.1) is 11.3 Å². The van der Waals surface area contributed by atoms with Gasteiger partial charge in [-0.15, -0.1) is 0 Å². The van der Waals surface area contributed by atoms with E-state index in [1.165, 1.54) is 11.8 Å². The number of nitrogens with one attached hydrogen (secondary N) is 1. The van der Waals surface area contributed by atoms with Crippen LogP contribution in [0.3, 0.4) is 0 Å². The first-order chi connectivity index (χ1) is 13.2. The lowest BCUT2D eigenvalue weighted by Crippen LogP contribution is -2.14. The number of nitriles is 1. The van der Waals surface area contributed by atoms with Gasteiger partial charge in [-0.25, -0.2) is 4.98 Å². The molecule has 1 aromatic carbocycles. The molecule has 3 heterocycles. The Morgan fingerprint density at radius 1 is 1.30 bits per heavy atom. The first-order valence-corrected chi connectivity index (χ1v) is 9.48. The highest BCUT2D eigenvalue weighted by atomic mass is 32.2. The smallest absolute Gasteiger partial charge is 0.270 e. The van der Waals surface area contributed by atoms with Crippen molar-refractivity contribution in [3.05, 3.63) is 76.5 Å². The van der Waals surface area contributed by atoms with E-state index >= 15 is 0 Å². The molecule has 0 unspecified atom stereocenters. The Labute approximate surface area is 159 Å². The molecule has 0 aliphatic carbocycles. The van der Waals surface area contributed by atoms with Gasteiger partial charge in [-0.2, -0.15) is 5.26 Å². The van der Waals surface area contributed by atoms with Gasteiger partial charge in [0.1, 0.15) is 11.6 Å². The van der Waals surface area contributed by atoms with Gasteiger partial charge >= 0.3 is 0 Å². The first kappa shape index (κ1) is 17.1. The number of nitrogens with zero attached hydrogens (tertiary/aromatic N) is 4. The van der Waals surface area contributed by atoms with Crippen LogP contribution in [0.1, 0.15) is 11.1 Å². The number of aromatic amines is 1. The van der Waals surface area contributed by atoms with Gasteiger partial charge in [0.05, 0.1) is 5.69 Å². The highest BCUT2D eigenvalue weighted by Crippen LogP contribution is 2.26. The lowest BCUT2D eigenvalue weighted by atomic mass is 10.1. The monoisotopic (exact) mass is 373 g/mol. The van der Waals surface area contributed by atoms with E-state index in [2.05, 4.69) is 19.5 Å². The number of pyridine rings is 1. The molecule has 0 atom stereocenters. The topological polar surface area (TPSA) is 87.4 Å². The Morgan fingerprint density at radius 3 is 2.93 bits per heavy atom. The molecule has 4 rings (SSSR count). The van der Waals surface area contributed by atoms with Crippen LogP contribution >= 0.6 is 11.8 Å². The van der Waals surface area contributed by atoms with Crippen LogP contribution in [0.15, 0.2) is 64.9 Å². The van der Waals surface area contributed by atoms with Crippen molar-refractivity contribution in [1.29, 1.82) is 5.26 Å². The molecule has 0 spiro atoms. The Kier molecular flexibility index (Phi) is 4.48. The van der Waals surface area contributed by atoms with E-state index in [0.717, 1.165) is 22.0 Å². The Balaban J connectivity index is 1.85. The van der Waals surface area contributed by atoms with E-state index in [0.29, 0.717) is 17.4 Å². The van der Waals surface area contributed by atoms with Crippen LogP contribution in [-0.2, 0) is 6.54 Å². The molecular weight excluding hydrogens is 358 g/mol. The minimum absolute atomic E-state index is 0.0255. The van der Waals surface area contributed by atoms with Gasteiger partial charge < -0.3 is 9.55 Å². The Bertz CT molecular complexity index is 1220. The van der Waals surface area contributed by atoms with Crippen molar-refractivity contribution in [1.82, 2.24) is 19.5 Å². The van der Waals surface area contributed by atoms with Gasteiger partial charge in [0.2, 0.25) is 0 Å². The van der Waals surface area contributed by atoms with E-state index < -0.39 is 5.56 Å². The van der Waals surface area contributed by atoms with Gasteiger partial charge in [0, 0.05) is 36.2 Å². The van der Waals surface area contributed by atoms with E-state index in [4.69, 9.17) is 0 Å². The summed E-state index contributed by atoms with van der Waals surface area (Å²) in [4.78, 5) is 23.5. The Morgan fingerprint density at radius 2 is 2.19 bits per heavy atom. The molecule has 0 aliphatic rings. The second-order valence-electron chi connectivity index (χ2n) is 5.99. The molecule has 0 aliphatic heterocycles. The summed E-state index contributed by atoms with van der Waals surface area (Å²) in [6.45, 7) is 0.685. The van der Waals surface area contributed by atoms with Gasteiger partial charge in [-0.3, -0.25) is 9.78 Å². The molecule has 0 amide bonds. The standard InChI is InChI=1S/C20H15N5OS/c1-27-20-23-18(16(10-21)19(26)24-20)15-5-4-14-6-8-25(17(14)9-15)12-13-3-2-7-22-11-13/h2-9,11H,12H2,1H3,(H,23,24,26). The molecule has 0 bridgehead atoms. The molecule has 0 saturated carbocycles. The molecule has 132 valence electrons. The minimum atomic E-state index is -0.419. The lowest BCUT2D eigenvalue weighted by Gasteiger charge is -2.08. The summed E-state index contributed by atoms with van der Waals surface area (Å²) in [5, 5.41) is 11.0. The first-order valence-electron chi connectivity index (χ1n) is 8.26. The van der Waals surface area contributed by atoms with E-state index in [-0.39, 0.29) is 5.56 Å². The van der Waals surface area contributed by atoms with Crippen molar-refractivity contribution in [3.63, 3.8) is 0 Å². The largest absolute Gasteiger partial charge is 0.343 e. The second-order valence-corrected chi connectivity index (χ2v) is 6.78. The number of hydrogen-bond acceptors (Lipinski definition) is 5. The normalized spacial score (nSPS) is 10.8.